The second-order valence-electron chi connectivity index (χ2n) is 7.01. The smallest absolute Gasteiger partial charge is 0.101 e. The van der Waals surface area contributed by atoms with Crippen LogP contribution >= 0.6 is 0 Å². The first-order valence-corrected chi connectivity index (χ1v) is 9.24. The van der Waals surface area contributed by atoms with E-state index in [1.165, 1.54) is 39.7 Å². The van der Waals surface area contributed by atoms with Gasteiger partial charge in [-0.1, -0.05) is 12.2 Å². The van der Waals surface area contributed by atoms with Crippen molar-refractivity contribution < 1.29 is 5.73 Å². The minimum absolute atomic E-state index is 0.412. The van der Waals surface area contributed by atoms with Crippen molar-refractivity contribution in [2.45, 2.75) is 24.8 Å². The second-order valence-corrected chi connectivity index (χ2v) is 7.01. The zero-order chi connectivity index (χ0) is 17.2. The lowest BCUT2D eigenvalue weighted by molar-refractivity contribution is -0.355. The number of rotatable bonds is 5. The van der Waals surface area contributed by atoms with Crippen LogP contribution in [0.25, 0.3) is 10.8 Å². The molecule has 2 heterocycles. The average molecular weight is 338 g/mol. The Morgan fingerprint density at radius 1 is 1.28 bits per heavy atom. The summed E-state index contributed by atoms with van der Waals surface area (Å²) in [5.41, 5.74) is 9.24. The first-order valence-electron chi connectivity index (χ1n) is 9.24. The highest BCUT2D eigenvalue weighted by molar-refractivity contribution is 5.94. The van der Waals surface area contributed by atoms with Gasteiger partial charge in [0.1, 0.15) is 6.54 Å². The van der Waals surface area contributed by atoms with Crippen LogP contribution in [0.2, 0.25) is 0 Å². The number of fused-ring (bicyclic) bond motifs is 1. The fourth-order valence-corrected chi connectivity index (χ4v) is 4.01. The molecule has 0 spiro atoms. The number of allylic oxidation sites excluding steroid dienone is 2. The van der Waals surface area contributed by atoms with E-state index in [0.29, 0.717) is 12.0 Å². The molecule has 1 aliphatic carbocycles. The van der Waals surface area contributed by atoms with E-state index in [-0.39, 0.29) is 0 Å². The first kappa shape index (κ1) is 16.2. The van der Waals surface area contributed by atoms with Crippen molar-refractivity contribution in [3.8, 4) is 0 Å². The highest BCUT2D eigenvalue weighted by Gasteiger charge is 2.20. The fourth-order valence-electron chi connectivity index (χ4n) is 4.01. The monoisotopic (exact) mass is 338 g/mol. The number of nitrogens with one attached hydrogen (secondary N) is 4. The Kier molecular flexibility index (Phi) is 4.51. The zero-order valence-electron chi connectivity index (χ0n) is 14.9. The molecule has 4 rings (SSSR count). The van der Waals surface area contributed by atoms with Crippen molar-refractivity contribution in [3.05, 3.63) is 53.5 Å². The third-order valence-electron chi connectivity index (χ3n) is 5.41. The number of hydrogen-bond donors (Lipinski definition) is 5. The molecule has 1 fully saturated rings. The Hall–Kier alpha value is -2.24. The third kappa shape index (κ3) is 3.17. The average Bonchev–Trinajstić information content (AvgIpc) is 3.32. The van der Waals surface area contributed by atoms with Gasteiger partial charge in [-0.3, -0.25) is 0 Å². The fraction of sp³-hybridized carbons (Fsp3) is 0.400. The summed E-state index contributed by atoms with van der Waals surface area (Å²) in [4.78, 5) is 3.27. The van der Waals surface area contributed by atoms with E-state index < -0.39 is 0 Å². The molecule has 1 aliphatic heterocycles. The molecular weight excluding hydrogens is 310 g/mol. The van der Waals surface area contributed by atoms with Crippen molar-refractivity contribution >= 4 is 16.5 Å². The predicted molar refractivity (Wildman–Crippen MR) is 104 cm³/mol. The van der Waals surface area contributed by atoms with E-state index in [2.05, 4.69) is 63.3 Å². The maximum atomic E-state index is 4.09. The van der Waals surface area contributed by atoms with Gasteiger partial charge in [0.05, 0.1) is 0 Å². The third-order valence-corrected chi connectivity index (χ3v) is 5.41. The Morgan fingerprint density at radius 2 is 2.20 bits per heavy atom. The van der Waals surface area contributed by atoms with Gasteiger partial charge in [0.25, 0.3) is 0 Å². The molecule has 0 amide bonds. The van der Waals surface area contributed by atoms with E-state index in [1.807, 2.05) is 7.05 Å². The number of anilines is 1. The molecule has 2 unspecified atom stereocenters. The van der Waals surface area contributed by atoms with Crippen LogP contribution in [0.1, 0.15) is 24.3 Å². The summed E-state index contributed by atoms with van der Waals surface area (Å²) in [6.07, 6.45) is 11.1. The number of benzene rings is 1. The van der Waals surface area contributed by atoms with Crippen LogP contribution in [0.15, 0.2) is 47.9 Å². The highest BCUT2D eigenvalue weighted by Crippen LogP contribution is 2.35. The molecule has 2 aliphatic rings. The molecule has 0 saturated carbocycles. The van der Waals surface area contributed by atoms with Crippen LogP contribution in [-0.2, 0) is 0 Å². The Balaban J connectivity index is 1.68. The number of quaternary nitrogens is 1. The normalized spacial score (nSPS) is 23.4. The van der Waals surface area contributed by atoms with E-state index >= 15 is 0 Å². The standard InChI is InChI=1S/C20H27N5/c1-22-19-3-2-13(6-15(19)9-21)14-7-16-10-24-12-18(16)20(8-14)25-17-4-5-23-11-17/h3,6-8,10,12-13,17,22-25H,2,4-5,9,11,21H2,1H3/p+1. The summed E-state index contributed by atoms with van der Waals surface area (Å²) in [7, 11) is 1.99. The topological polar surface area (TPSA) is 79.5 Å². The van der Waals surface area contributed by atoms with Crippen LogP contribution in [0.5, 0.6) is 0 Å². The van der Waals surface area contributed by atoms with Gasteiger partial charge >= 0.3 is 0 Å². The molecule has 0 bridgehead atoms. The molecule has 1 saturated heterocycles. The lowest BCUT2D eigenvalue weighted by atomic mass is 9.87. The van der Waals surface area contributed by atoms with Gasteiger partial charge in [-0.25, -0.2) is 0 Å². The number of likely N-dealkylation sites (N-methyl/N-ethyl adjacent to an activating group) is 1. The van der Waals surface area contributed by atoms with Crippen LogP contribution in [-0.4, -0.2) is 37.7 Å². The van der Waals surface area contributed by atoms with Crippen molar-refractivity contribution in [1.29, 1.82) is 0 Å². The van der Waals surface area contributed by atoms with Crippen LogP contribution < -0.4 is 21.7 Å². The van der Waals surface area contributed by atoms with Crippen molar-refractivity contribution in [2.75, 3.05) is 32.0 Å². The summed E-state index contributed by atoms with van der Waals surface area (Å²) < 4.78 is 0. The zero-order valence-corrected chi connectivity index (χ0v) is 14.9. The van der Waals surface area contributed by atoms with E-state index in [9.17, 15) is 0 Å². The molecular formula is C20H28N5+. The molecule has 2 atom stereocenters. The molecule has 0 radical (unpaired) electrons. The van der Waals surface area contributed by atoms with Gasteiger partial charge in [-0.15, -0.1) is 0 Å². The van der Waals surface area contributed by atoms with E-state index in [1.54, 1.807) is 0 Å². The molecule has 1 aromatic heterocycles. The van der Waals surface area contributed by atoms with Crippen molar-refractivity contribution in [1.82, 2.24) is 15.6 Å². The maximum Gasteiger partial charge on any atom is 0.101 e. The van der Waals surface area contributed by atoms with Crippen LogP contribution in [0.3, 0.4) is 0 Å². The molecule has 5 heteroatoms. The Morgan fingerprint density at radius 3 is 2.96 bits per heavy atom. The number of H-pyrrole nitrogens is 1. The lowest BCUT2D eigenvalue weighted by Gasteiger charge is -2.22. The SMILES string of the molecule is CNC1=CCC(c2cc(NC3CCNC3)c3c[nH]cc3c2)C=C1C[NH3+]. The van der Waals surface area contributed by atoms with Gasteiger partial charge in [-0.05, 0) is 37.1 Å². The van der Waals surface area contributed by atoms with Gasteiger partial charge in [0, 0.05) is 65.7 Å². The largest absolute Gasteiger partial charge is 0.388 e. The van der Waals surface area contributed by atoms with Gasteiger partial charge < -0.3 is 26.7 Å². The Labute approximate surface area is 148 Å². The van der Waals surface area contributed by atoms with Crippen molar-refractivity contribution in [3.63, 3.8) is 0 Å². The van der Waals surface area contributed by atoms with Crippen LogP contribution in [0.4, 0.5) is 5.69 Å². The van der Waals surface area contributed by atoms with Gasteiger partial charge in [-0.2, -0.15) is 0 Å². The van der Waals surface area contributed by atoms with Gasteiger partial charge in [0.2, 0.25) is 0 Å². The summed E-state index contributed by atoms with van der Waals surface area (Å²) in [6, 6.07) is 5.18. The van der Waals surface area contributed by atoms with Crippen molar-refractivity contribution in [2.24, 2.45) is 0 Å². The first-order chi connectivity index (χ1) is 12.3. The minimum Gasteiger partial charge on any atom is -0.388 e. The van der Waals surface area contributed by atoms with Gasteiger partial charge in [0.15, 0.2) is 0 Å². The minimum atomic E-state index is 0.412. The Bertz CT molecular complexity index is 811. The quantitative estimate of drug-likeness (QED) is 0.576. The summed E-state index contributed by atoms with van der Waals surface area (Å²) in [5, 5.41) is 13.0. The number of aromatic nitrogens is 1. The molecule has 2 aromatic rings. The predicted octanol–water partition coefficient (Wildman–Crippen LogP) is 1.70. The molecule has 25 heavy (non-hydrogen) atoms. The molecule has 5 nitrogen and oxygen atoms in total. The molecule has 132 valence electrons. The summed E-state index contributed by atoms with van der Waals surface area (Å²) >= 11 is 0. The van der Waals surface area contributed by atoms with E-state index in [4.69, 9.17) is 0 Å². The second kappa shape index (κ2) is 6.94. The van der Waals surface area contributed by atoms with Crippen LogP contribution in [0, 0.1) is 0 Å². The number of aromatic amines is 1. The number of hydrogen-bond acceptors (Lipinski definition) is 3. The summed E-state index contributed by atoms with van der Waals surface area (Å²) in [5.74, 6) is 0.412. The summed E-state index contributed by atoms with van der Waals surface area (Å²) in [6.45, 7) is 2.96. The lowest BCUT2D eigenvalue weighted by Crippen LogP contribution is -2.52. The molecule has 1 aromatic carbocycles. The molecule has 7 N–H and O–H groups in total. The van der Waals surface area contributed by atoms with E-state index in [0.717, 1.165) is 26.1 Å². The maximum absolute atomic E-state index is 4.09. The highest BCUT2D eigenvalue weighted by atomic mass is 15.0.